The van der Waals surface area contributed by atoms with Crippen molar-refractivity contribution in [3.63, 3.8) is 0 Å². The quantitative estimate of drug-likeness (QED) is 0.828. The highest BCUT2D eigenvalue weighted by Gasteiger charge is 2.33. The summed E-state index contributed by atoms with van der Waals surface area (Å²) in [5, 5.41) is 3.06. The average Bonchev–Trinajstić information content (AvgIpc) is 2.70. The number of para-hydroxylation sites is 1. The number of carbonyl (C=O) groups is 1. The first kappa shape index (κ1) is 20.6. The highest BCUT2D eigenvalue weighted by molar-refractivity contribution is 7.89. The summed E-state index contributed by atoms with van der Waals surface area (Å²) in [6, 6.07) is 12.8. The maximum atomic E-state index is 13.0. The van der Waals surface area contributed by atoms with E-state index >= 15 is 0 Å². The molecule has 0 aromatic heterocycles. The zero-order chi connectivity index (χ0) is 20.3. The van der Waals surface area contributed by atoms with Gasteiger partial charge in [-0.15, -0.1) is 0 Å². The van der Waals surface area contributed by atoms with Gasteiger partial charge in [-0.3, -0.25) is 4.79 Å². The van der Waals surface area contributed by atoms with Crippen LogP contribution in [-0.2, 0) is 21.2 Å². The molecule has 3 rings (SSSR count). The normalized spacial score (nSPS) is 18.0. The Kier molecular flexibility index (Phi) is 6.20. The van der Waals surface area contributed by atoms with E-state index in [0.29, 0.717) is 19.4 Å². The van der Waals surface area contributed by atoms with Crippen LogP contribution in [0, 0.1) is 19.8 Å². The molecule has 0 saturated carbocycles. The van der Waals surface area contributed by atoms with Gasteiger partial charge in [0, 0.05) is 18.8 Å². The van der Waals surface area contributed by atoms with E-state index in [0.717, 1.165) is 28.8 Å². The Morgan fingerprint density at radius 1 is 1.14 bits per heavy atom. The second-order valence-corrected chi connectivity index (χ2v) is 9.41. The summed E-state index contributed by atoms with van der Waals surface area (Å²) in [6.45, 7) is 6.62. The first-order valence-corrected chi connectivity index (χ1v) is 11.2. The first-order chi connectivity index (χ1) is 13.3. The molecule has 5 nitrogen and oxygen atoms in total. The van der Waals surface area contributed by atoms with Crippen molar-refractivity contribution in [3.8, 4) is 0 Å². The van der Waals surface area contributed by atoms with Crippen LogP contribution in [0.25, 0.3) is 0 Å². The second kappa shape index (κ2) is 8.45. The van der Waals surface area contributed by atoms with E-state index in [2.05, 4.69) is 12.2 Å². The van der Waals surface area contributed by atoms with Gasteiger partial charge in [-0.1, -0.05) is 42.8 Å². The van der Waals surface area contributed by atoms with E-state index in [9.17, 15) is 13.2 Å². The highest BCUT2D eigenvalue weighted by Crippen LogP contribution is 2.27. The lowest BCUT2D eigenvalue weighted by Crippen LogP contribution is -2.43. The van der Waals surface area contributed by atoms with Gasteiger partial charge in [0.25, 0.3) is 0 Å². The number of aryl methyl sites for hydroxylation is 3. The third-order valence-electron chi connectivity index (χ3n) is 5.40. The third-order valence-corrected chi connectivity index (χ3v) is 7.28. The number of anilines is 1. The van der Waals surface area contributed by atoms with Gasteiger partial charge in [-0.25, -0.2) is 8.42 Å². The smallest absolute Gasteiger partial charge is 0.243 e. The lowest BCUT2D eigenvalue weighted by Gasteiger charge is -2.31. The lowest BCUT2D eigenvalue weighted by molar-refractivity contribution is -0.120. The highest BCUT2D eigenvalue weighted by atomic mass is 32.2. The number of piperidine rings is 1. The predicted octanol–water partition coefficient (Wildman–Crippen LogP) is 3.91. The maximum absolute atomic E-state index is 13.0. The molecule has 1 aliphatic heterocycles. The van der Waals surface area contributed by atoms with Crippen molar-refractivity contribution < 1.29 is 13.2 Å². The molecule has 1 aliphatic rings. The van der Waals surface area contributed by atoms with Crippen molar-refractivity contribution in [1.82, 2.24) is 4.31 Å². The van der Waals surface area contributed by atoms with Crippen molar-refractivity contribution in [3.05, 3.63) is 59.2 Å². The fraction of sp³-hybridized carbons (Fsp3) is 0.409. The van der Waals surface area contributed by atoms with Crippen LogP contribution >= 0.6 is 0 Å². The van der Waals surface area contributed by atoms with Gasteiger partial charge in [0.15, 0.2) is 0 Å². The van der Waals surface area contributed by atoms with Crippen molar-refractivity contribution >= 4 is 21.6 Å². The summed E-state index contributed by atoms with van der Waals surface area (Å²) in [4.78, 5) is 13.2. The number of amides is 1. The van der Waals surface area contributed by atoms with Crippen molar-refractivity contribution in [2.75, 3.05) is 18.4 Å². The molecule has 1 heterocycles. The van der Waals surface area contributed by atoms with Crippen LogP contribution in [-0.4, -0.2) is 31.7 Å². The Labute approximate surface area is 167 Å². The molecular weight excluding hydrogens is 372 g/mol. The van der Waals surface area contributed by atoms with E-state index in [-0.39, 0.29) is 23.3 Å². The Balaban J connectivity index is 1.76. The Morgan fingerprint density at radius 3 is 2.54 bits per heavy atom. The number of hydrogen-bond acceptors (Lipinski definition) is 3. The minimum atomic E-state index is -3.59. The molecule has 1 atom stereocenters. The molecule has 2 aromatic rings. The van der Waals surface area contributed by atoms with Crippen LogP contribution in [0.2, 0.25) is 0 Å². The molecule has 0 radical (unpaired) electrons. The van der Waals surface area contributed by atoms with Gasteiger partial charge in [-0.2, -0.15) is 4.31 Å². The van der Waals surface area contributed by atoms with Gasteiger partial charge < -0.3 is 5.32 Å². The number of benzene rings is 2. The zero-order valence-corrected chi connectivity index (χ0v) is 17.6. The first-order valence-electron chi connectivity index (χ1n) is 9.79. The number of rotatable bonds is 5. The molecule has 1 saturated heterocycles. The van der Waals surface area contributed by atoms with E-state index in [1.807, 2.05) is 32.0 Å². The van der Waals surface area contributed by atoms with Gasteiger partial charge in [-0.05, 0) is 56.4 Å². The van der Waals surface area contributed by atoms with Gasteiger partial charge in [0.2, 0.25) is 15.9 Å². The fourth-order valence-electron chi connectivity index (χ4n) is 3.66. The zero-order valence-electron chi connectivity index (χ0n) is 16.7. The molecule has 0 aliphatic carbocycles. The summed E-state index contributed by atoms with van der Waals surface area (Å²) >= 11 is 0. The number of sulfonamides is 1. The molecule has 0 spiro atoms. The molecule has 2 aromatic carbocycles. The van der Waals surface area contributed by atoms with Crippen molar-refractivity contribution in [2.45, 2.75) is 44.9 Å². The standard InChI is InChI=1S/C22H28N2O3S/c1-4-18-8-5-7-17(3)21(18)23-22(25)19-9-6-14-24(15-19)28(26,27)20-12-10-16(2)11-13-20/h5,7-8,10-13,19H,4,6,9,14-15H2,1-3H3,(H,23,25)/t19-/m1/s1. The molecule has 0 unspecified atom stereocenters. The van der Waals surface area contributed by atoms with Crippen LogP contribution in [0.3, 0.4) is 0 Å². The van der Waals surface area contributed by atoms with Gasteiger partial charge in [0.05, 0.1) is 10.8 Å². The monoisotopic (exact) mass is 400 g/mol. The van der Waals surface area contributed by atoms with Crippen LogP contribution in [0.5, 0.6) is 0 Å². The Morgan fingerprint density at radius 2 is 1.86 bits per heavy atom. The number of nitrogens with zero attached hydrogens (tertiary/aromatic N) is 1. The minimum Gasteiger partial charge on any atom is -0.325 e. The maximum Gasteiger partial charge on any atom is 0.243 e. The van der Waals surface area contributed by atoms with Crippen LogP contribution < -0.4 is 5.32 Å². The van der Waals surface area contributed by atoms with Crippen molar-refractivity contribution in [2.24, 2.45) is 5.92 Å². The Hall–Kier alpha value is -2.18. The van der Waals surface area contributed by atoms with E-state index in [4.69, 9.17) is 0 Å². The summed E-state index contributed by atoms with van der Waals surface area (Å²) < 4.78 is 27.4. The molecule has 1 fully saturated rings. The molecule has 6 heteroatoms. The van der Waals surface area contributed by atoms with Crippen LogP contribution in [0.4, 0.5) is 5.69 Å². The average molecular weight is 401 g/mol. The largest absolute Gasteiger partial charge is 0.325 e. The number of hydrogen-bond donors (Lipinski definition) is 1. The van der Waals surface area contributed by atoms with Crippen LogP contribution in [0.15, 0.2) is 47.4 Å². The summed E-state index contributed by atoms with van der Waals surface area (Å²) in [6.07, 6.45) is 2.20. The summed E-state index contributed by atoms with van der Waals surface area (Å²) in [5.74, 6) is -0.453. The Bertz CT molecular complexity index is 952. The number of nitrogens with one attached hydrogen (secondary N) is 1. The van der Waals surface area contributed by atoms with E-state index in [1.165, 1.54) is 4.31 Å². The van der Waals surface area contributed by atoms with E-state index < -0.39 is 10.0 Å². The number of carbonyl (C=O) groups excluding carboxylic acids is 1. The molecule has 1 N–H and O–H groups in total. The van der Waals surface area contributed by atoms with E-state index in [1.54, 1.807) is 24.3 Å². The third kappa shape index (κ3) is 4.28. The fourth-order valence-corrected chi connectivity index (χ4v) is 5.19. The topological polar surface area (TPSA) is 66.5 Å². The SMILES string of the molecule is CCc1cccc(C)c1NC(=O)[C@@H]1CCCN(S(=O)(=O)c2ccc(C)cc2)C1. The van der Waals surface area contributed by atoms with Crippen molar-refractivity contribution in [1.29, 1.82) is 0 Å². The molecule has 150 valence electrons. The molecular formula is C22H28N2O3S. The minimum absolute atomic E-state index is 0.104. The lowest BCUT2D eigenvalue weighted by atomic mass is 9.98. The second-order valence-electron chi connectivity index (χ2n) is 7.47. The van der Waals surface area contributed by atoms with Gasteiger partial charge in [0.1, 0.15) is 0 Å². The van der Waals surface area contributed by atoms with Gasteiger partial charge >= 0.3 is 0 Å². The molecule has 0 bridgehead atoms. The predicted molar refractivity (Wildman–Crippen MR) is 112 cm³/mol. The van der Waals surface area contributed by atoms with Crippen LogP contribution in [0.1, 0.15) is 36.5 Å². The molecule has 28 heavy (non-hydrogen) atoms. The summed E-state index contributed by atoms with van der Waals surface area (Å²) in [5.41, 5.74) is 3.98. The summed E-state index contributed by atoms with van der Waals surface area (Å²) in [7, 11) is -3.59. The molecule has 1 amide bonds.